The highest BCUT2D eigenvalue weighted by Gasteiger charge is 2.03. The van der Waals surface area contributed by atoms with Crippen molar-refractivity contribution in [2.45, 2.75) is 59.5 Å². The summed E-state index contributed by atoms with van der Waals surface area (Å²) in [6, 6.07) is 0. The molecule has 3 heteroatoms. The number of carbonyl (C=O) groups excluding carboxylic acids is 1. The summed E-state index contributed by atoms with van der Waals surface area (Å²) >= 11 is 0. The molecule has 0 spiro atoms. The lowest BCUT2D eigenvalue weighted by atomic mass is 10.0. The van der Waals surface area contributed by atoms with Crippen LogP contribution in [0.5, 0.6) is 0 Å². The Labute approximate surface area is 123 Å². The van der Waals surface area contributed by atoms with Crippen molar-refractivity contribution in [3.8, 4) is 0 Å². The number of hydrogen-bond acceptors (Lipinski definition) is 3. The van der Waals surface area contributed by atoms with Crippen LogP contribution in [0.2, 0.25) is 0 Å². The number of ether oxygens (including phenoxy) is 1. The summed E-state index contributed by atoms with van der Waals surface area (Å²) in [4.78, 5) is 10.6. The lowest BCUT2D eigenvalue weighted by molar-refractivity contribution is -0.139. The number of rotatable bonds is 9. The summed E-state index contributed by atoms with van der Waals surface area (Å²) in [6.07, 6.45) is 7.30. The van der Waals surface area contributed by atoms with Crippen molar-refractivity contribution in [2.24, 2.45) is 0 Å². The minimum absolute atomic E-state index is 0.249. The Kier molecular flexibility index (Phi) is 9.73. The molecule has 0 saturated carbocycles. The van der Waals surface area contributed by atoms with Crippen molar-refractivity contribution in [1.82, 2.24) is 0 Å². The molecular weight excluding hydrogens is 252 g/mol. The Morgan fingerprint density at radius 1 is 1.15 bits per heavy atom. The van der Waals surface area contributed by atoms with Gasteiger partial charge in [0.2, 0.25) is 0 Å². The van der Waals surface area contributed by atoms with Crippen LogP contribution in [0.3, 0.4) is 0 Å². The molecule has 0 aliphatic heterocycles. The standard InChI is InChI=1S/C17H28O3/c1-13(2)17(19)10-9-14(3)7-6-8-15(4)11-12-20-16(5)18/h7,11,17,19H,1,6,8-10,12H2,2-5H3/b14-7+,15-11+. The molecule has 1 N–H and O–H groups in total. The normalized spacial score (nSPS) is 14.1. The van der Waals surface area contributed by atoms with Crippen LogP contribution in [0, 0.1) is 0 Å². The average Bonchev–Trinajstić information content (AvgIpc) is 2.35. The van der Waals surface area contributed by atoms with Crippen LogP contribution < -0.4 is 0 Å². The van der Waals surface area contributed by atoms with E-state index in [1.54, 1.807) is 0 Å². The van der Waals surface area contributed by atoms with Gasteiger partial charge in [-0.05, 0) is 52.5 Å². The maximum Gasteiger partial charge on any atom is 0.302 e. The molecule has 0 aliphatic rings. The van der Waals surface area contributed by atoms with Crippen molar-refractivity contribution >= 4 is 5.97 Å². The fraction of sp³-hybridized carbons (Fsp3) is 0.588. The molecule has 0 amide bonds. The predicted octanol–water partition coefficient (Wildman–Crippen LogP) is 3.94. The topological polar surface area (TPSA) is 46.5 Å². The molecule has 0 saturated heterocycles. The molecule has 0 aliphatic carbocycles. The summed E-state index contributed by atoms with van der Waals surface area (Å²) in [6.45, 7) is 11.5. The third kappa shape index (κ3) is 10.6. The SMILES string of the molecule is C=C(C)C(O)CC/C(C)=C/CC/C(C)=C/COC(C)=O. The summed E-state index contributed by atoms with van der Waals surface area (Å²) in [5.41, 5.74) is 3.33. The number of aliphatic hydroxyl groups excluding tert-OH is 1. The Balaban J connectivity index is 3.92. The van der Waals surface area contributed by atoms with Crippen LogP contribution in [0.25, 0.3) is 0 Å². The Bertz CT molecular complexity index is 378. The van der Waals surface area contributed by atoms with Gasteiger partial charge in [0.25, 0.3) is 0 Å². The molecule has 3 nitrogen and oxygen atoms in total. The van der Waals surface area contributed by atoms with Crippen LogP contribution >= 0.6 is 0 Å². The average molecular weight is 280 g/mol. The molecule has 0 radical (unpaired) electrons. The second-order valence-electron chi connectivity index (χ2n) is 5.34. The molecule has 0 fully saturated rings. The monoisotopic (exact) mass is 280 g/mol. The largest absolute Gasteiger partial charge is 0.462 e. The van der Waals surface area contributed by atoms with E-state index in [-0.39, 0.29) is 5.97 Å². The highest BCUT2D eigenvalue weighted by Crippen LogP contribution is 2.13. The van der Waals surface area contributed by atoms with Crippen molar-refractivity contribution < 1.29 is 14.6 Å². The zero-order valence-electron chi connectivity index (χ0n) is 13.2. The van der Waals surface area contributed by atoms with Gasteiger partial charge in [-0.15, -0.1) is 0 Å². The summed E-state index contributed by atoms with van der Waals surface area (Å²) < 4.78 is 4.86. The third-order valence-electron chi connectivity index (χ3n) is 3.13. The van der Waals surface area contributed by atoms with Gasteiger partial charge in [0, 0.05) is 6.92 Å². The molecule has 0 bridgehead atoms. The number of carbonyl (C=O) groups is 1. The van der Waals surface area contributed by atoms with E-state index in [0.29, 0.717) is 6.61 Å². The molecule has 0 heterocycles. The van der Waals surface area contributed by atoms with E-state index in [0.717, 1.165) is 31.3 Å². The number of allylic oxidation sites excluding steroid dienone is 3. The third-order valence-corrected chi connectivity index (χ3v) is 3.13. The summed E-state index contributed by atoms with van der Waals surface area (Å²) in [7, 11) is 0. The van der Waals surface area contributed by atoms with Crippen molar-refractivity contribution in [2.75, 3.05) is 6.61 Å². The van der Waals surface area contributed by atoms with E-state index < -0.39 is 6.10 Å². The molecule has 0 rings (SSSR count). The first-order valence-corrected chi connectivity index (χ1v) is 7.11. The molecular formula is C17H28O3. The van der Waals surface area contributed by atoms with Gasteiger partial charge < -0.3 is 9.84 Å². The van der Waals surface area contributed by atoms with Crippen molar-refractivity contribution in [3.63, 3.8) is 0 Å². The maximum absolute atomic E-state index is 10.6. The fourth-order valence-corrected chi connectivity index (χ4v) is 1.66. The van der Waals surface area contributed by atoms with E-state index in [4.69, 9.17) is 4.74 Å². The van der Waals surface area contributed by atoms with E-state index in [1.807, 2.05) is 19.9 Å². The van der Waals surface area contributed by atoms with Gasteiger partial charge >= 0.3 is 5.97 Å². The number of hydrogen-bond donors (Lipinski definition) is 1. The van der Waals surface area contributed by atoms with E-state index in [9.17, 15) is 9.90 Å². The summed E-state index contributed by atoms with van der Waals surface area (Å²) in [5, 5.41) is 9.65. The van der Waals surface area contributed by atoms with Gasteiger partial charge in [-0.2, -0.15) is 0 Å². The second kappa shape index (κ2) is 10.4. The van der Waals surface area contributed by atoms with Crippen LogP contribution in [-0.4, -0.2) is 23.8 Å². The van der Waals surface area contributed by atoms with Gasteiger partial charge in [0.1, 0.15) is 6.61 Å². The lowest BCUT2D eigenvalue weighted by Crippen LogP contribution is -2.06. The van der Waals surface area contributed by atoms with Gasteiger partial charge in [-0.3, -0.25) is 4.79 Å². The van der Waals surface area contributed by atoms with Crippen LogP contribution in [-0.2, 0) is 9.53 Å². The van der Waals surface area contributed by atoms with Crippen LogP contribution in [0.4, 0.5) is 0 Å². The minimum atomic E-state index is -0.399. The molecule has 20 heavy (non-hydrogen) atoms. The summed E-state index contributed by atoms with van der Waals surface area (Å²) in [5.74, 6) is -0.249. The van der Waals surface area contributed by atoms with Crippen molar-refractivity contribution in [3.05, 3.63) is 35.5 Å². The number of esters is 1. The highest BCUT2D eigenvalue weighted by molar-refractivity contribution is 5.66. The first-order chi connectivity index (χ1) is 9.32. The molecule has 0 aromatic heterocycles. The quantitative estimate of drug-likeness (QED) is 0.514. The minimum Gasteiger partial charge on any atom is -0.462 e. The van der Waals surface area contributed by atoms with Gasteiger partial charge in [-0.25, -0.2) is 0 Å². The Morgan fingerprint density at radius 2 is 1.75 bits per heavy atom. The highest BCUT2D eigenvalue weighted by atomic mass is 16.5. The Hall–Kier alpha value is -1.35. The molecule has 0 aromatic carbocycles. The lowest BCUT2D eigenvalue weighted by Gasteiger charge is -2.09. The van der Waals surface area contributed by atoms with Gasteiger partial charge in [0.05, 0.1) is 6.10 Å². The zero-order valence-corrected chi connectivity index (χ0v) is 13.2. The number of aliphatic hydroxyl groups is 1. The van der Waals surface area contributed by atoms with Gasteiger partial charge in [0.15, 0.2) is 0 Å². The Morgan fingerprint density at radius 3 is 2.30 bits per heavy atom. The van der Waals surface area contributed by atoms with Crippen LogP contribution in [0.1, 0.15) is 53.4 Å². The molecule has 1 unspecified atom stereocenters. The van der Waals surface area contributed by atoms with Crippen molar-refractivity contribution in [1.29, 1.82) is 0 Å². The zero-order chi connectivity index (χ0) is 15.5. The second-order valence-corrected chi connectivity index (χ2v) is 5.34. The first kappa shape index (κ1) is 18.7. The van der Waals surface area contributed by atoms with Gasteiger partial charge in [-0.1, -0.05) is 29.4 Å². The maximum atomic E-state index is 10.6. The van der Waals surface area contributed by atoms with E-state index in [2.05, 4.69) is 19.6 Å². The van der Waals surface area contributed by atoms with Crippen LogP contribution in [0.15, 0.2) is 35.5 Å². The fourth-order valence-electron chi connectivity index (χ4n) is 1.66. The first-order valence-electron chi connectivity index (χ1n) is 7.11. The van der Waals surface area contributed by atoms with E-state index in [1.165, 1.54) is 18.1 Å². The predicted molar refractivity (Wildman–Crippen MR) is 83.4 cm³/mol. The van der Waals surface area contributed by atoms with E-state index >= 15 is 0 Å². The molecule has 114 valence electrons. The molecule has 0 aromatic rings. The molecule has 1 atom stereocenters. The smallest absolute Gasteiger partial charge is 0.302 e.